The van der Waals surface area contributed by atoms with Gasteiger partial charge in [0.05, 0.1) is 18.5 Å². The lowest BCUT2D eigenvalue weighted by molar-refractivity contribution is 0.101. The van der Waals surface area contributed by atoms with Crippen LogP contribution >= 0.6 is 0 Å². The summed E-state index contributed by atoms with van der Waals surface area (Å²) in [6, 6.07) is 17.8. The highest BCUT2D eigenvalue weighted by atomic mass is 16.5. The molecule has 0 radical (unpaired) electrons. The van der Waals surface area contributed by atoms with Gasteiger partial charge >= 0.3 is 0 Å². The number of carbonyl (C=O) groups is 2. The van der Waals surface area contributed by atoms with Crippen LogP contribution in [0.4, 0.5) is 17.1 Å². The number of rotatable bonds is 7. The first-order chi connectivity index (χ1) is 13.5. The largest absolute Gasteiger partial charge is 0.494 e. The molecule has 1 heterocycles. The van der Waals surface area contributed by atoms with E-state index in [9.17, 15) is 9.59 Å². The van der Waals surface area contributed by atoms with Crippen molar-refractivity contribution >= 4 is 28.8 Å². The van der Waals surface area contributed by atoms with Crippen molar-refractivity contribution in [2.24, 2.45) is 0 Å². The summed E-state index contributed by atoms with van der Waals surface area (Å²) < 4.78 is 5.38. The number of Topliss-reactive ketones (excluding diaryl/α,β-unsaturated/α-hetero) is 1. The SMILES string of the molecule is CCOc1ccc(NC(=O)c2ccc(Nc3cccc(C(C)=O)c3)cn2)cc1. The van der Waals surface area contributed by atoms with Gasteiger partial charge in [0.25, 0.3) is 5.91 Å². The number of aromatic nitrogens is 1. The molecule has 0 saturated carbocycles. The highest BCUT2D eigenvalue weighted by molar-refractivity contribution is 6.03. The number of anilines is 3. The highest BCUT2D eigenvalue weighted by Gasteiger charge is 2.08. The third kappa shape index (κ3) is 4.94. The van der Waals surface area contributed by atoms with Crippen LogP contribution in [-0.2, 0) is 0 Å². The van der Waals surface area contributed by atoms with Crippen molar-refractivity contribution in [1.29, 1.82) is 0 Å². The van der Waals surface area contributed by atoms with Gasteiger partial charge in [0, 0.05) is 16.9 Å². The van der Waals surface area contributed by atoms with Crippen LogP contribution in [0.2, 0.25) is 0 Å². The fraction of sp³-hybridized carbons (Fsp3) is 0.136. The number of ether oxygens (including phenoxy) is 1. The molecular formula is C22H21N3O3. The van der Waals surface area contributed by atoms with E-state index in [1.165, 1.54) is 6.92 Å². The van der Waals surface area contributed by atoms with Crippen LogP contribution in [0.25, 0.3) is 0 Å². The highest BCUT2D eigenvalue weighted by Crippen LogP contribution is 2.19. The number of amides is 1. The molecule has 6 nitrogen and oxygen atoms in total. The number of hydrogen-bond acceptors (Lipinski definition) is 5. The maximum absolute atomic E-state index is 12.4. The van der Waals surface area contributed by atoms with Gasteiger partial charge < -0.3 is 15.4 Å². The lowest BCUT2D eigenvalue weighted by Gasteiger charge is -2.09. The molecule has 0 spiro atoms. The third-order valence-corrected chi connectivity index (χ3v) is 3.98. The summed E-state index contributed by atoms with van der Waals surface area (Å²) in [7, 11) is 0. The minimum Gasteiger partial charge on any atom is -0.494 e. The van der Waals surface area contributed by atoms with E-state index >= 15 is 0 Å². The van der Waals surface area contributed by atoms with E-state index in [-0.39, 0.29) is 11.7 Å². The minimum absolute atomic E-state index is 0.00285. The van der Waals surface area contributed by atoms with Crippen molar-refractivity contribution in [2.75, 3.05) is 17.2 Å². The molecule has 0 unspecified atom stereocenters. The van der Waals surface area contributed by atoms with E-state index in [1.807, 2.05) is 19.1 Å². The van der Waals surface area contributed by atoms with E-state index in [0.29, 0.717) is 23.6 Å². The van der Waals surface area contributed by atoms with Crippen molar-refractivity contribution in [3.8, 4) is 5.75 Å². The molecular weight excluding hydrogens is 354 g/mol. The van der Waals surface area contributed by atoms with E-state index in [1.54, 1.807) is 54.7 Å². The second-order valence-electron chi connectivity index (χ2n) is 6.11. The van der Waals surface area contributed by atoms with Gasteiger partial charge in [-0.05, 0) is 62.4 Å². The Kier molecular flexibility index (Phi) is 6.01. The average Bonchev–Trinajstić information content (AvgIpc) is 2.70. The van der Waals surface area contributed by atoms with Gasteiger partial charge in [-0.1, -0.05) is 12.1 Å². The predicted molar refractivity (Wildman–Crippen MR) is 110 cm³/mol. The maximum Gasteiger partial charge on any atom is 0.274 e. The van der Waals surface area contributed by atoms with Crippen LogP contribution in [0.1, 0.15) is 34.7 Å². The van der Waals surface area contributed by atoms with Crippen LogP contribution < -0.4 is 15.4 Å². The lowest BCUT2D eigenvalue weighted by Crippen LogP contribution is -2.13. The first kappa shape index (κ1) is 19.1. The number of ketones is 1. The second-order valence-corrected chi connectivity index (χ2v) is 6.11. The quantitative estimate of drug-likeness (QED) is 0.586. The Hall–Kier alpha value is -3.67. The van der Waals surface area contributed by atoms with Crippen molar-refractivity contribution in [1.82, 2.24) is 4.98 Å². The van der Waals surface area contributed by atoms with Gasteiger partial charge in [-0.25, -0.2) is 4.98 Å². The molecule has 0 atom stereocenters. The molecule has 0 saturated heterocycles. The molecule has 0 aliphatic carbocycles. The first-order valence-electron chi connectivity index (χ1n) is 8.93. The molecule has 142 valence electrons. The number of carbonyl (C=O) groups excluding carboxylic acids is 2. The van der Waals surface area contributed by atoms with Crippen molar-refractivity contribution in [3.63, 3.8) is 0 Å². The molecule has 0 aliphatic heterocycles. The Morgan fingerprint density at radius 3 is 2.36 bits per heavy atom. The number of benzene rings is 2. The summed E-state index contributed by atoms with van der Waals surface area (Å²) in [4.78, 5) is 28.0. The molecule has 3 rings (SSSR count). The van der Waals surface area contributed by atoms with E-state index in [0.717, 1.165) is 17.1 Å². The normalized spacial score (nSPS) is 10.2. The summed E-state index contributed by atoms with van der Waals surface area (Å²) in [5.41, 5.74) is 3.10. The molecule has 0 aliphatic rings. The van der Waals surface area contributed by atoms with Gasteiger partial charge in [-0.15, -0.1) is 0 Å². The zero-order valence-electron chi connectivity index (χ0n) is 15.7. The third-order valence-electron chi connectivity index (χ3n) is 3.98. The summed E-state index contributed by atoms with van der Waals surface area (Å²) in [6.07, 6.45) is 1.58. The smallest absolute Gasteiger partial charge is 0.274 e. The zero-order chi connectivity index (χ0) is 19.9. The van der Waals surface area contributed by atoms with E-state index in [4.69, 9.17) is 4.74 Å². The summed E-state index contributed by atoms with van der Waals surface area (Å²) in [5.74, 6) is 0.459. The fourth-order valence-electron chi connectivity index (χ4n) is 2.58. The molecule has 2 aromatic carbocycles. The Morgan fingerprint density at radius 2 is 1.71 bits per heavy atom. The van der Waals surface area contributed by atoms with Crippen LogP contribution in [0.5, 0.6) is 5.75 Å². The van der Waals surface area contributed by atoms with E-state index < -0.39 is 0 Å². The van der Waals surface area contributed by atoms with Gasteiger partial charge in [-0.3, -0.25) is 9.59 Å². The number of nitrogens with one attached hydrogen (secondary N) is 2. The van der Waals surface area contributed by atoms with Crippen molar-refractivity contribution < 1.29 is 14.3 Å². The standard InChI is InChI=1S/C22H21N3O3/c1-3-28-20-10-7-17(8-11-20)25-22(27)21-12-9-19(14-23-21)24-18-6-4-5-16(13-18)15(2)26/h4-14,24H,3H2,1-2H3,(H,25,27). The fourth-order valence-corrected chi connectivity index (χ4v) is 2.58. The number of hydrogen-bond donors (Lipinski definition) is 2. The summed E-state index contributed by atoms with van der Waals surface area (Å²) >= 11 is 0. The van der Waals surface area contributed by atoms with Gasteiger partial charge in [0.15, 0.2) is 5.78 Å². The molecule has 28 heavy (non-hydrogen) atoms. The number of pyridine rings is 1. The summed E-state index contributed by atoms with van der Waals surface area (Å²) in [5, 5.41) is 5.97. The van der Waals surface area contributed by atoms with Crippen molar-refractivity contribution in [2.45, 2.75) is 13.8 Å². The van der Waals surface area contributed by atoms with Crippen LogP contribution in [0, 0.1) is 0 Å². The Labute approximate surface area is 163 Å². The molecule has 1 aromatic heterocycles. The monoisotopic (exact) mass is 375 g/mol. The molecule has 6 heteroatoms. The van der Waals surface area contributed by atoms with Crippen LogP contribution in [0.3, 0.4) is 0 Å². The van der Waals surface area contributed by atoms with E-state index in [2.05, 4.69) is 15.6 Å². The van der Waals surface area contributed by atoms with Gasteiger partial charge in [0.1, 0.15) is 11.4 Å². The zero-order valence-corrected chi connectivity index (χ0v) is 15.7. The Morgan fingerprint density at radius 1 is 0.964 bits per heavy atom. The molecule has 1 amide bonds. The molecule has 0 fully saturated rings. The first-order valence-corrected chi connectivity index (χ1v) is 8.93. The molecule has 0 bridgehead atoms. The second kappa shape index (κ2) is 8.81. The summed E-state index contributed by atoms with van der Waals surface area (Å²) in [6.45, 7) is 4.04. The number of nitrogens with zero attached hydrogens (tertiary/aromatic N) is 1. The Bertz CT molecular complexity index is 967. The van der Waals surface area contributed by atoms with Crippen LogP contribution in [0.15, 0.2) is 66.9 Å². The Balaban J connectivity index is 1.64. The van der Waals surface area contributed by atoms with Gasteiger partial charge in [-0.2, -0.15) is 0 Å². The topological polar surface area (TPSA) is 80.3 Å². The predicted octanol–water partition coefficient (Wildman–Crippen LogP) is 4.68. The van der Waals surface area contributed by atoms with Crippen molar-refractivity contribution in [3.05, 3.63) is 78.1 Å². The minimum atomic E-state index is -0.297. The lowest BCUT2D eigenvalue weighted by atomic mass is 10.1. The average molecular weight is 375 g/mol. The molecule has 3 aromatic rings. The van der Waals surface area contributed by atoms with Gasteiger partial charge in [0.2, 0.25) is 0 Å². The van der Waals surface area contributed by atoms with Crippen LogP contribution in [-0.4, -0.2) is 23.3 Å². The molecule has 2 N–H and O–H groups in total. The maximum atomic E-state index is 12.4.